The highest BCUT2D eigenvalue weighted by atomic mass is 15.1. The molecule has 320 valence electrons. The summed E-state index contributed by atoms with van der Waals surface area (Å²) in [6, 6.07) is 87.6. The predicted molar refractivity (Wildman–Crippen MR) is 281 cm³/mol. The second kappa shape index (κ2) is 17.7. The van der Waals surface area contributed by atoms with Crippen LogP contribution in [-0.2, 0) is 0 Å². The number of pyridine rings is 1. The molecule has 3 heterocycles. The van der Waals surface area contributed by atoms with Crippen molar-refractivity contribution in [1.29, 1.82) is 0 Å². The van der Waals surface area contributed by atoms with Crippen LogP contribution in [0.25, 0.3) is 95.0 Å². The average molecular weight is 870 g/mol. The number of hydrogen-bond acceptors (Lipinski definition) is 4. The molecule has 5 heteroatoms. The molecule has 0 saturated heterocycles. The largest absolute Gasteiger partial charge is 0.311 e. The van der Waals surface area contributed by atoms with Gasteiger partial charge in [0.1, 0.15) is 5.65 Å². The molecule has 0 aliphatic carbocycles. The van der Waals surface area contributed by atoms with Gasteiger partial charge in [0.2, 0.25) is 0 Å². The van der Waals surface area contributed by atoms with Gasteiger partial charge in [0.25, 0.3) is 0 Å². The molecule has 5 nitrogen and oxygen atoms in total. The third-order valence-corrected chi connectivity index (χ3v) is 12.6. The number of imidazole rings is 1. The Kier molecular flexibility index (Phi) is 10.5. The Morgan fingerprint density at radius 2 is 0.706 bits per heavy atom. The summed E-state index contributed by atoms with van der Waals surface area (Å²) in [5.74, 6) is 0. The fraction of sp³-hybridized carbons (Fsp3) is 0. The number of benzene rings is 9. The molecule has 12 aromatic rings. The standard InChI is InChI=1S/C63H43N5/c1-5-17-44(18-6-1)49-23-15-25-51(39-49)56-41-58-59(42-57(56)52-26-16-24-50(40-52)45-19-7-2-8-20-45)66-63(62(65-58)47-21-9-3-10-22-47)48-32-36-55(37-33-48)68(53-27-11-4-12-28-53)54-34-30-46(31-35-54)60-43-67-38-14-13-29-61(67)64-60/h1-43H. The van der Waals surface area contributed by atoms with Crippen molar-refractivity contribution in [2.45, 2.75) is 0 Å². The van der Waals surface area contributed by atoms with Gasteiger partial charge in [0, 0.05) is 46.1 Å². The molecular formula is C63H43N5. The van der Waals surface area contributed by atoms with Crippen LogP contribution in [0.5, 0.6) is 0 Å². The first kappa shape index (κ1) is 40.3. The van der Waals surface area contributed by atoms with Gasteiger partial charge in [-0.25, -0.2) is 15.0 Å². The van der Waals surface area contributed by atoms with Gasteiger partial charge >= 0.3 is 0 Å². The smallest absolute Gasteiger partial charge is 0.137 e. The molecule has 0 amide bonds. The molecule has 0 bridgehead atoms. The first-order valence-electron chi connectivity index (χ1n) is 22.9. The van der Waals surface area contributed by atoms with E-state index in [-0.39, 0.29) is 0 Å². The van der Waals surface area contributed by atoms with Gasteiger partial charge in [-0.3, -0.25) is 0 Å². The molecule has 9 aromatic carbocycles. The Morgan fingerprint density at radius 3 is 1.22 bits per heavy atom. The third kappa shape index (κ3) is 7.88. The van der Waals surface area contributed by atoms with Crippen LogP contribution in [-0.4, -0.2) is 19.4 Å². The van der Waals surface area contributed by atoms with Crippen molar-refractivity contribution in [1.82, 2.24) is 19.4 Å². The highest BCUT2D eigenvalue weighted by Crippen LogP contribution is 2.41. The van der Waals surface area contributed by atoms with Crippen LogP contribution in [0.1, 0.15) is 0 Å². The van der Waals surface area contributed by atoms with E-state index in [9.17, 15) is 0 Å². The molecule has 0 atom stereocenters. The zero-order valence-electron chi connectivity index (χ0n) is 37.1. The lowest BCUT2D eigenvalue weighted by molar-refractivity contribution is 1.19. The summed E-state index contributed by atoms with van der Waals surface area (Å²) in [6.07, 6.45) is 4.10. The number of rotatable bonds is 10. The Balaban J connectivity index is 0.985. The number of para-hydroxylation sites is 1. The zero-order valence-corrected chi connectivity index (χ0v) is 37.1. The molecule has 0 aliphatic heterocycles. The number of nitrogens with zero attached hydrogens (tertiary/aromatic N) is 5. The summed E-state index contributed by atoms with van der Waals surface area (Å²) in [6.45, 7) is 0. The molecule has 0 spiro atoms. The minimum atomic E-state index is 0.820. The van der Waals surface area contributed by atoms with Crippen molar-refractivity contribution in [2.24, 2.45) is 0 Å². The minimum Gasteiger partial charge on any atom is -0.311 e. The summed E-state index contributed by atoms with van der Waals surface area (Å²) in [5.41, 5.74) is 20.4. The molecule has 0 fully saturated rings. The molecule has 0 radical (unpaired) electrons. The highest BCUT2D eigenvalue weighted by Gasteiger charge is 2.20. The van der Waals surface area contributed by atoms with Crippen LogP contribution in [0.3, 0.4) is 0 Å². The topological polar surface area (TPSA) is 46.3 Å². The van der Waals surface area contributed by atoms with Crippen LogP contribution in [0, 0.1) is 0 Å². The lowest BCUT2D eigenvalue weighted by atomic mass is 9.90. The van der Waals surface area contributed by atoms with Gasteiger partial charge in [-0.05, 0) is 117 Å². The SMILES string of the molecule is c1ccc(-c2cccc(-c3cc4nc(-c5ccccc5)c(-c5ccc(N(c6ccccc6)c6ccc(-c7cn8ccccc8n7)cc6)cc5)nc4cc3-c3cccc(-c4ccccc4)c3)c2)cc1. The van der Waals surface area contributed by atoms with Crippen LogP contribution in [0.15, 0.2) is 261 Å². The summed E-state index contributed by atoms with van der Waals surface area (Å²) in [7, 11) is 0. The number of hydrogen-bond donors (Lipinski definition) is 0. The maximum Gasteiger partial charge on any atom is 0.137 e. The van der Waals surface area contributed by atoms with E-state index < -0.39 is 0 Å². The Morgan fingerprint density at radius 1 is 0.294 bits per heavy atom. The molecular weight excluding hydrogens is 827 g/mol. The highest BCUT2D eigenvalue weighted by molar-refractivity contribution is 5.97. The van der Waals surface area contributed by atoms with E-state index in [4.69, 9.17) is 15.0 Å². The second-order valence-electron chi connectivity index (χ2n) is 16.9. The fourth-order valence-electron chi connectivity index (χ4n) is 9.22. The maximum atomic E-state index is 5.55. The van der Waals surface area contributed by atoms with Crippen molar-refractivity contribution >= 4 is 33.7 Å². The van der Waals surface area contributed by atoms with Crippen molar-refractivity contribution in [3.8, 4) is 78.3 Å². The Bertz CT molecular complexity index is 3670. The maximum absolute atomic E-state index is 5.55. The summed E-state index contributed by atoms with van der Waals surface area (Å²) >= 11 is 0. The van der Waals surface area contributed by atoms with E-state index in [1.54, 1.807) is 0 Å². The normalized spacial score (nSPS) is 11.2. The predicted octanol–water partition coefficient (Wildman–Crippen LogP) is 16.4. The third-order valence-electron chi connectivity index (χ3n) is 12.6. The Hall–Kier alpha value is -9.19. The monoisotopic (exact) mass is 869 g/mol. The molecule has 0 saturated carbocycles. The van der Waals surface area contributed by atoms with Gasteiger partial charge in [0.05, 0.1) is 28.1 Å². The molecule has 0 unspecified atom stereocenters. The number of anilines is 3. The number of fused-ring (bicyclic) bond motifs is 2. The number of aromatic nitrogens is 4. The van der Waals surface area contributed by atoms with E-state index in [0.717, 1.165) is 101 Å². The van der Waals surface area contributed by atoms with Crippen molar-refractivity contribution in [2.75, 3.05) is 4.90 Å². The van der Waals surface area contributed by atoms with E-state index in [2.05, 4.69) is 240 Å². The molecule has 0 N–H and O–H groups in total. The molecule has 0 aliphatic rings. The van der Waals surface area contributed by atoms with Gasteiger partial charge < -0.3 is 9.30 Å². The lowest BCUT2D eigenvalue weighted by Crippen LogP contribution is -2.09. The van der Waals surface area contributed by atoms with Crippen LogP contribution < -0.4 is 4.90 Å². The van der Waals surface area contributed by atoms with Crippen molar-refractivity contribution in [3.63, 3.8) is 0 Å². The Labute approximate surface area is 395 Å². The summed E-state index contributed by atoms with van der Waals surface area (Å²) in [4.78, 5) is 18.2. The zero-order chi connectivity index (χ0) is 45.2. The molecule has 3 aromatic heterocycles. The average Bonchev–Trinajstić information content (AvgIpc) is 3.87. The molecule has 68 heavy (non-hydrogen) atoms. The van der Waals surface area contributed by atoms with Crippen LogP contribution in [0.2, 0.25) is 0 Å². The van der Waals surface area contributed by atoms with Gasteiger partial charge in [-0.2, -0.15) is 0 Å². The lowest BCUT2D eigenvalue weighted by Gasteiger charge is -2.26. The van der Waals surface area contributed by atoms with E-state index in [0.29, 0.717) is 0 Å². The van der Waals surface area contributed by atoms with Crippen molar-refractivity contribution in [3.05, 3.63) is 261 Å². The van der Waals surface area contributed by atoms with Gasteiger partial charge in [-0.1, -0.05) is 176 Å². The second-order valence-corrected chi connectivity index (χ2v) is 16.9. The first-order valence-corrected chi connectivity index (χ1v) is 22.9. The van der Waals surface area contributed by atoms with E-state index >= 15 is 0 Å². The van der Waals surface area contributed by atoms with Crippen LogP contribution >= 0.6 is 0 Å². The van der Waals surface area contributed by atoms with E-state index in [1.807, 2.05) is 30.5 Å². The summed E-state index contributed by atoms with van der Waals surface area (Å²) in [5, 5.41) is 0. The van der Waals surface area contributed by atoms with E-state index in [1.165, 1.54) is 11.1 Å². The van der Waals surface area contributed by atoms with Gasteiger partial charge in [0.15, 0.2) is 0 Å². The quantitative estimate of drug-likeness (QED) is 0.137. The molecule has 12 rings (SSSR count). The van der Waals surface area contributed by atoms with Crippen molar-refractivity contribution < 1.29 is 0 Å². The minimum absolute atomic E-state index is 0.820. The fourth-order valence-corrected chi connectivity index (χ4v) is 9.22. The first-order chi connectivity index (χ1) is 33.7. The van der Waals surface area contributed by atoms with Crippen LogP contribution in [0.4, 0.5) is 17.1 Å². The summed E-state index contributed by atoms with van der Waals surface area (Å²) < 4.78 is 2.05. The van der Waals surface area contributed by atoms with Gasteiger partial charge in [-0.15, -0.1) is 0 Å².